The second-order valence-corrected chi connectivity index (χ2v) is 6.78. The molecule has 0 aromatic heterocycles. The van der Waals surface area contributed by atoms with E-state index >= 15 is 0 Å². The SMILES string of the molecule is Cc1ccc(S(=O)(=O)O)c(-c2ccccc2-c2ccccc2)c1. The van der Waals surface area contributed by atoms with Gasteiger partial charge in [-0.2, -0.15) is 8.42 Å². The first-order valence-corrected chi connectivity index (χ1v) is 8.64. The van der Waals surface area contributed by atoms with Crippen LogP contribution in [0.3, 0.4) is 0 Å². The minimum atomic E-state index is -4.30. The summed E-state index contributed by atoms with van der Waals surface area (Å²) in [5.74, 6) is 0. The molecule has 3 aromatic carbocycles. The van der Waals surface area contributed by atoms with E-state index in [9.17, 15) is 13.0 Å². The topological polar surface area (TPSA) is 54.4 Å². The molecule has 0 spiro atoms. The van der Waals surface area contributed by atoms with Crippen LogP contribution in [0.25, 0.3) is 22.3 Å². The monoisotopic (exact) mass is 324 g/mol. The fourth-order valence-electron chi connectivity index (χ4n) is 2.67. The molecule has 0 unspecified atom stereocenters. The van der Waals surface area contributed by atoms with Crippen LogP contribution in [-0.4, -0.2) is 13.0 Å². The predicted molar refractivity (Wildman–Crippen MR) is 91.9 cm³/mol. The summed E-state index contributed by atoms with van der Waals surface area (Å²) in [6, 6.07) is 22.2. The molecule has 3 nitrogen and oxygen atoms in total. The Morgan fingerprint density at radius 3 is 2.00 bits per heavy atom. The third-order valence-electron chi connectivity index (χ3n) is 3.72. The maximum Gasteiger partial charge on any atom is 0.295 e. The fourth-order valence-corrected chi connectivity index (χ4v) is 3.35. The average molecular weight is 324 g/mol. The van der Waals surface area contributed by atoms with Crippen LogP contribution in [0.2, 0.25) is 0 Å². The first-order valence-electron chi connectivity index (χ1n) is 7.20. The van der Waals surface area contributed by atoms with Crippen LogP contribution < -0.4 is 0 Å². The molecule has 0 radical (unpaired) electrons. The van der Waals surface area contributed by atoms with Crippen molar-refractivity contribution < 1.29 is 13.0 Å². The lowest BCUT2D eigenvalue weighted by Gasteiger charge is -2.13. The van der Waals surface area contributed by atoms with Crippen molar-refractivity contribution in [2.45, 2.75) is 11.8 Å². The lowest BCUT2D eigenvalue weighted by atomic mass is 9.94. The second kappa shape index (κ2) is 5.99. The highest BCUT2D eigenvalue weighted by atomic mass is 32.2. The molecule has 0 aliphatic heterocycles. The van der Waals surface area contributed by atoms with E-state index in [-0.39, 0.29) is 4.90 Å². The molecule has 0 bridgehead atoms. The largest absolute Gasteiger partial charge is 0.295 e. The summed E-state index contributed by atoms with van der Waals surface area (Å²) in [6.07, 6.45) is 0. The Morgan fingerprint density at radius 1 is 0.739 bits per heavy atom. The quantitative estimate of drug-likeness (QED) is 0.718. The van der Waals surface area contributed by atoms with Crippen LogP contribution in [0, 0.1) is 6.92 Å². The molecule has 3 rings (SSSR count). The highest BCUT2D eigenvalue weighted by Gasteiger charge is 2.18. The highest BCUT2D eigenvalue weighted by Crippen LogP contribution is 2.36. The molecule has 3 aromatic rings. The minimum Gasteiger partial charge on any atom is -0.282 e. The van der Waals surface area contributed by atoms with Gasteiger partial charge in [0.05, 0.1) is 0 Å². The van der Waals surface area contributed by atoms with Crippen molar-refractivity contribution in [2.24, 2.45) is 0 Å². The molecular formula is C19H16O3S. The number of benzene rings is 3. The number of rotatable bonds is 3. The molecular weight excluding hydrogens is 308 g/mol. The maximum absolute atomic E-state index is 11.7. The first-order chi connectivity index (χ1) is 11.0. The third-order valence-corrected chi connectivity index (χ3v) is 4.63. The maximum atomic E-state index is 11.7. The van der Waals surface area contributed by atoms with E-state index < -0.39 is 10.1 Å². The average Bonchev–Trinajstić information content (AvgIpc) is 2.54. The first kappa shape index (κ1) is 15.5. The Hall–Kier alpha value is -2.43. The summed E-state index contributed by atoms with van der Waals surface area (Å²) >= 11 is 0. The van der Waals surface area contributed by atoms with E-state index in [1.54, 1.807) is 12.1 Å². The fraction of sp³-hybridized carbons (Fsp3) is 0.0526. The van der Waals surface area contributed by atoms with Crippen LogP contribution in [0.15, 0.2) is 77.7 Å². The Bertz CT molecular complexity index is 945. The van der Waals surface area contributed by atoms with Crippen LogP contribution in [0.5, 0.6) is 0 Å². The molecule has 0 aliphatic carbocycles. The molecule has 0 heterocycles. The Labute approximate surface area is 136 Å². The van der Waals surface area contributed by atoms with Gasteiger partial charge in [0.1, 0.15) is 4.90 Å². The summed E-state index contributed by atoms with van der Waals surface area (Å²) in [5.41, 5.74) is 4.12. The minimum absolute atomic E-state index is 0.0773. The van der Waals surface area contributed by atoms with Gasteiger partial charge in [0.25, 0.3) is 10.1 Å². The van der Waals surface area contributed by atoms with E-state index in [0.717, 1.165) is 22.3 Å². The number of hydrogen-bond donors (Lipinski definition) is 1. The van der Waals surface area contributed by atoms with Gasteiger partial charge < -0.3 is 0 Å². The van der Waals surface area contributed by atoms with E-state index in [1.165, 1.54) is 6.07 Å². The van der Waals surface area contributed by atoms with Crippen molar-refractivity contribution in [3.63, 3.8) is 0 Å². The standard InChI is InChI=1S/C19H16O3S/c1-14-11-12-19(23(20,21)22)18(13-14)17-10-6-5-9-16(17)15-7-3-2-4-8-15/h2-13H,1H3,(H,20,21,22). The van der Waals surface area contributed by atoms with Crippen molar-refractivity contribution in [1.29, 1.82) is 0 Å². The van der Waals surface area contributed by atoms with E-state index in [2.05, 4.69) is 0 Å². The molecule has 23 heavy (non-hydrogen) atoms. The van der Waals surface area contributed by atoms with Gasteiger partial charge in [-0.3, -0.25) is 4.55 Å². The summed E-state index contributed by atoms with van der Waals surface area (Å²) in [4.78, 5) is -0.0773. The van der Waals surface area contributed by atoms with Crippen LogP contribution >= 0.6 is 0 Å². The molecule has 4 heteroatoms. The summed E-state index contributed by atoms with van der Waals surface area (Å²) in [7, 11) is -4.30. The van der Waals surface area contributed by atoms with Gasteiger partial charge in [-0.15, -0.1) is 0 Å². The molecule has 116 valence electrons. The van der Waals surface area contributed by atoms with Crippen molar-refractivity contribution in [1.82, 2.24) is 0 Å². The Balaban J connectivity index is 2.32. The lowest BCUT2D eigenvalue weighted by molar-refractivity contribution is 0.483. The zero-order valence-electron chi connectivity index (χ0n) is 12.6. The third kappa shape index (κ3) is 3.18. The van der Waals surface area contributed by atoms with Gasteiger partial charge in [0, 0.05) is 5.56 Å². The second-order valence-electron chi connectivity index (χ2n) is 5.39. The van der Waals surface area contributed by atoms with Crippen molar-refractivity contribution >= 4 is 10.1 Å². The zero-order valence-corrected chi connectivity index (χ0v) is 13.4. The summed E-state index contributed by atoms with van der Waals surface area (Å²) < 4.78 is 33.0. The Morgan fingerprint density at radius 2 is 1.35 bits per heavy atom. The van der Waals surface area contributed by atoms with Crippen molar-refractivity contribution in [3.05, 3.63) is 78.4 Å². The van der Waals surface area contributed by atoms with Crippen LogP contribution in [0.1, 0.15) is 5.56 Å². The van der Waals surface area contributed by atoms with Gasteiger partial charge in [-0.05, 0) is 29.7 Å². The Kier molecular flexibility index (Phi) is 4.03. The van der Waals surface area contributed by atoms with Gasteiger partial charge in [0.2, 0.25) is 0 Å². The summed E-state index contributed by atoms with van der Waals surface area (Å²) in [5, 5.41) is 0. The number of aryl methyl sites for hydroxylation is 1. The molecule has 1 N–H and O–H groups in total. The predicted octanol–water partition coefficient (Wildman–Crippen LogP) is 4.58. The smallest absolute Gasteiger partial charge is 0.282 e. The molecule has 0 amide bonds. The van der Waals surface area contributed by atoms with Gasteiger partial charge in [-0.1, -0.05) is 72.3 Å². The van der Waals surface area contributed by atoms with Crippen molar-refractivity contribution in [2.75, 3.05) is 0 Å². The van der Waals surface area contributed by atoms with E-state index in [4.69, 9.17) is 0 Å². The van der Waals surface area contributed by atoms with Crippen molar-refractivity contribution in [3.8, 4) is 22.3 Å². The number of hydrogen-bond acceptors (Lipinski definition) is 2. The summed E-state index contributed by atoms with van der Waals surface area (Å²) in [6.45, 7) is 1.89. The van der Waals surface area contributed by atoms with Gasteiger partial charge >= 0.3 is 0 Å². The molecule has 0 saturated heterocycles. The molecule has 0 saturated carbocycles. The molecule has 0 fully saturated rings. The van der Waals surface area contributed by atoms with E-state index in [1.807, 2.05) is 61.5 Å². The van der Waals surface area contributed by atoms with Crippen LogP contribution in [-0.2, 0) is 10.1 Å². The van der Waals surface area contributed by atoms with E-state index in [0.29, 0.717) is 5.56 Å². The normalized spacial score (nSPS) is 11.4. The lowest BCUT2D eigenvalue weighted by Crippen LogP contribution is -2.01. The highest BCUT2D eigenvalue weighted by molar-refractivity contribution is 7.86. The van der Waals surface area contributed by atoms with Gasteiger partial charge in [-0.25, -0.2) is 0 Å². The molecule has 0 atom stereocenters. The van der Waals surface area contributed by atoms with Crippen LogP contribution in [0.4, 0.5) is 0 Å². The zero-order chi connectivity index (χ0) is 16.4. The van der Waals surface area contributed by atoms with Gasteiger partial charge in [0.15, 0.2) is 0 Å². The molecule has 0 aliphatic rings.